The minimum absolute atomic E-state index is 0.675. The van der Waals surface area contributed by atoms with Crippen LogP contribution in [0.15, 0.2) is 24.3 Å². The van der Waals surface area contributed by atoms with E-state index < -0.39 is 0 Å². The summed E-state index contributed by atoms with van der Waals surface area (Å²) in [7, 11) is 0. The first-order chi connectivity index (χ1) is 9.76. The predicted molar refractivity (Wildman–Crippen MR) is 89.2 cm³/mol. The van der Waals surface area contributed by atoms with Gasteiger partial charge in [0.05, 0.1) is 17.3 Å². The number of ether oxygens (including phenoxy) is 1. The molecule has 0 fully saturated rings. The summed E-state index contributed by atoms with van der Waals surface area (Å²) < 4.78 is 5.77. The van der Waals surface area contributed by atoms with Crippen LogP contribution in [0.4, 0.5) is 0 Å². The van der Waals surface area contributed by atoms with E-state index in [2.05, 4.69) is 43.6 Å². The highest BCUT2D eigenvalue weighted by molar-refractivity contribution is 7.79. The second-order valence-corrected chi connectivity index (χ2v) is 6.07. The van der Waals surface area contributed by atoms with Crippen LogP contribution < -0.4 is 4.74 Å². The van der Waals surface area contributed by atoms with Crippen LogP contribution in [0.2, 0.25) is 0 Å². The van der Waals surface area contributed by atoms with Gasteiger partial charge in [-0.25, -0.2) is 4.98 Å². The molecule has 4 heteroatoms. The molecule has 0 aliphatic rings. The monoisotopic (exact) mass is 307 g/mol. The van der Waals surface area contributed by atoms with Crippen molar-refractivity contribution in [2.45, 2.75) is 38.9 Å². The van der Waals surface area contributed by atoms with Gasteiger partial charge in [0.15, 0.2) is 0 Å². The van der Waals surface area contributed by atoms with Crippen LogP contribution in [0, 0.1) is 0 Å². The highest BCUT2D eigenvalue weighted by atomic mass is 32.1. The number of thiol groups is 1. The van der Waals surface area contributed by atoms with Crippen LogP contribution >= 0.6 is 24.0 Å². The van der Waals surface area contributed by atoms with E-state index in [4.69, 9.17) is 4.74 Å². The molecule has 0 amide bonds. The van der Waals surface area contributed by atoms with Gasteiger partial charge in [-0.15, -0.1) is 11.3 Å². The van der Waals surface area contributed by atoms with Crippen LogP contribution in [0.3, 0.4) is 0 Å². The van der Waals surface area contributed by atoms with Crippen molar-refractivity contribution in [2.24, 2.45) is 0 Å². The van der Waals surface area contributed by atoms with Gasteiger partial charge in [-0.1, -0.05) is 26.0 Å². The fourth-order valence-corrected chi connectivity index (χ4v) is 3.40. The first-order valence-corrected chi connectivity index (χ1v) is 8.51. The summed E-state index contributed by atoms with van der Waals surface area (Å²) in [5, 5.41) is 1.15. The average molecular weight is 307 g/mol. The SMILES string of the molecule is CCc1ccc(OCCc2nc(CC)c(CS)s2)cc1. The standard InChI is InChI=1S/C16H21NOS2/c1-3-12-5-7-13(8-6-12)18-10-9-16-17-14(4-2)15(11-19)20-16/h5-8,19H,3-4,9-11H2,1-2H3. The zero-order valence-corrected chi connectivity index (χ0v) is 13.8. The number of rotatable bonds is 7. The first-order valence-electron chi connectivity index (χ1n) is 7.06. The molecule has 0 aliphatic carbocycles. The lowest BCUT2D eigenvalue weighted by Crippen LogP contribution is -2.01. The molecule has 1 heterocycles. The summed E-state index contributed by atoms with van der Waals surface area (Å²) in [4.78, 5) is 5.94. The van der Waals surface area contributed by atoms with E-state index in [0.717, 1.165) is 35.8 Å². The van der Waals surface area contributed by atoms with E-state index in [-0.39, 0.29) is 0 Å². The van der Waals surface area contributed by atoms with Crippen molar-refractivity contribution in [1.82, 2.24) is 4.98 Å². The highest BCUT2D eigenvalue weighted by Crippen LogP contribution is 2.22. The maximum Gasteiger partial charge on any atom is 0.119 e. The summed E-state index contributed by atoms with van der Waals surface area (Å²) in [5.41, 5.74) is 2.52. The molecule has 0 atom stereocenters. The molecule has 108 valence electrons. The van der Waals surface area contributed by atoms with Gasteiger partial charge in [-0.3, -0.25) is 0 Å². The Morgan fingerprint density at radius 2 is 1.90 bits per heavy atom. The maximum absolute atomic E-state index is 5.77. The van der Waals surface area contributed by atoms with Crippen molar-refractivity contribution in [3.63, 3.8) is 0 Å². The summed E-state index contributed by atoms with van der Waals surface area (Å²) >= 11 is 6.11. The Balaban J connectivity index is 1.87. The summed E-state index contributed by atoms with van der Waals surface area (Å²) in [6.45, 7) is 4.97. The largest absolute Gasteiger partial charge is 0.493 e. The molecule has 2 rings (SSSR count). The molecule has 0 spiro atoms. The van der Waals surface area contributed by atoms with Gasteiger partial charge in [0.25, 0.3) is 0 Å². The highest BCUT2D eigenvalue weighted by Gasteiger charge is 2.08. The molecule has 2 nitrogen and oxygen atoms in total. The summed E-state index contributed by atoms with van der Waals surface area (Å²) in [6, 6.07) is 8.31. The molecule has 0 bridgehead atoms. The van der Waals surface area contributed by atoms with Crippen LogP contribution in [-0.4, -0.2) is 11.6 Å². The number of nitrogens with zero attached hydrogens (tertiary/aromatic N) is 1. The Labute approximate surface area is 130 Å². The van der Waals surface area contributed by atoms with E-state index in [1.165, 1.54) is 16.1 Å². The number of aromatic nitrogens is 1. The lowest BCUT2D eigenvalue weighted by atomic mass is 10.2. The molecule has 0 saturated heterocycles. The maximum atomic E-state index is 5.77. The second kappa shape index (κ2) is 7.70. The second-order valence-electron chi connectivity index (χ2n) is 4.59. The molecule has 1 aromatic heterocycles. The topological polar surface area (TPSA) is 22.1 Å². The van der Waals surface area contributed by atoms with Crippen molar-refractivity contribution in [2.75, 3.05) is 6.61 Å². The van der Waals surface area contributed by atoms with Gasteiger partial charge in [0, 0.05) is 17.1 Å². The number of hydrogen-bond acceptors (Lipinski definition) is 4. The van der Waals surface area contributed by atoms with Gasteiger partial charge in [-0.2, -0.15) is 12.6 Å². The van der Waals surface area contributed by atoms with Gasteiger partial charge in [0.1, 0.15) is 5.75 Å². The van der Waals surface area contributed by atoms with Crippen molar-refractivity contribution in [3.8, 4) is 5.75 Å². The Hall–Kier alpha value is -1.00. The Morgan fingerprint density at radius 3 is 2.45 bits per heavy atom. The molecular weight excluding hydrogens is 286 g/mol. The molecule has 2 aromatic rings. The zero-order chi connectivity index (χ0) is 14.4. The Bertz CT molecular complexity index is 512. The molecular formula is C16H21NOS2. The first kappa shape index (κ1) is 15.4. The van der Waals surface area contributed by atoms with Crippen molar-refractivity contribution >= 4 is 24.0 Å². The van der Waals surface area contributed by atoms with Crippen molar-refractivity contribution in [1.29, 1.82) is 0 Å². The molecule has 0 radical (unpaired) electrons. The molecule has 0 aliphatic heterocycles. The van der Waals surface area contributed by atoms with Crippen LogP contribution in [0.5, 0.6) is 5.75 Å². The third-order valence-electron chi connectivity index (χ3n) is 3.22. The smallest absolute Gasteiger partial charge is 0.119 e. The minimum atomic E-state index is 0.675. The van der Waals surface area contributed by atoms with Crippen molar-refractivity contribution in [3.05, 3.63) is 45.4 Å². The fourth-order valence-electron chi connectivity index (χ4n) is 2.02. The normalized spacial score (nSPS) is 10.8. The van der Waals surface area contributed by atoms with E-state index in [0.29, 0.717) is 6.61 Å². The van der Waals surface area contributed by atoms with E-state index >= 15 is 0 Å². The van der Waals surface area contributed by atoms with Crippen molar-refractivity contribution < 1.29 is 4.74 Å². The van der Waals surface area contributed by atoms with E-state index in [1.54, 1.807) is 11.3 Å². The van der Waals surface area contributed by atoms with Crippen LogP contribution in [0.25, 0.3) is 0 Å². The molecule has 0 N–H and O–H groups in total. The Morgan fingerprint density at radius 1 is 1.15 bits per heavy atom. The zero-order valence-electron chi connectivity index (χ0n) is 12.1. The third kappa shape index (κ3) is 4.00. The molecule has 0 saturated carbocycles. The van der Waals surface area contributed by atoms with Crippen LogP contribution in [0.1, 0.15) is 35.0 Å². The van der Waals surface area contributed by atoms with Gasteiger partial charge in [0.2, 0.25) is 0 Å². The number of benzene rings is 1. The number of aryl methyl sites for hydroxylation is 2. The predicted octanol–water partition coefficient (Wildman–Crippen LogP) is 4.32. The molecule has 0 unspecified atom stereocenters. The van der Waals surface area contributed by atoms with Gasteiger partial charge in [-0.05, 0) is 30.5 Å². The lowest BCUT2D eigenvalue weighted by molar-refractivity contribution is 0.321. The molecule has 20 heavy (non-hydrogen) atoms. The Kier molecular flexibility index (Phi) is 5.92. The summed E-state index contributed by atoms with van der Waals surface area (Å²) in [5.74, 6) is 1.71. The quantitative estimate of drug-likeness (QED) is 0.770. The average Bonchev–Trinajstić information content (AvgIpc) is 2.90. The lowest BCUT2D eigenvalue weighted by Gasteiger charge is -2.05. The third-order valence-corrected chi connectivity index (χ3v) is 4.90. The minimum Gasteiger partial charge on any atom is -0.493 e. The van der Waals surface area contributed by atoms with Gasteiger partial charge >= 0.3 is 0 Å². The van der Waals surface area contributed by atoms with E-state index in [1.807, 2.05) is 12.1 Å². The molecule has 1 aromatic carbocycles. The number of hydrogen-bond donors (Lipinski definition) is 1. The summed E-state index contributed by atoms with van der Waals surface area (Å²) in [6.07, 6.45) is 2.90. The van der Waals surface area contributed by atoms with E-state index in [9.17, 15) is 0 Å². The fraction of sp³-hybridized carbons (Fsp3) is 0.438. The van der Waals surface area contributed by atoms with Gasteiger partial charge < -0.3 is 4.74 Å². The number of thiazole rings is 1. The van der Waals surface area contributed by atoms with Crippen LogP contribution in [-0.2, 0) is 25.0 Å².